The molecule has 0 aromatic heterocycles. The van der Waals surface area contributed by atoms with Gasteiger partial charge in [-0.3, -0.25) is 24.5 Å². The van der Waals surface area contributed by atoms with Crippen molar-refractivity contribution in [1.29, 1.82) is 0 Å². The van der Waals surface area contributed by atoms with Gasteiger partial charge in [-0.25, -0.2) is 8.78 Å². The van der Waals surface area contributed by atoms with Gasteiger partial charge in [0.05, 0.1) is 38.3 Å². The molecular formula is C35H45F2N5O5. The van der Waals surface area contributed by atoms with Crippen LogP contribution in [0.2, 0.25) is 0 Å². The number of carbonyl (C=O) groups is 2. The maximum absolute atomic E-state index is 14.8. The van der Waals surface area contributed by atoms with Crippen molar-refractivity contribution in [2.24, 2.45) is 15.4 Å². The molecular weight excluding hydrogens is 608 g/mol. The van der Waals surface area contributed by atoms with Gasteiger partial charge in [0.2, 0.25) is 11.8 Å². The molecule has 47 heavy (non-hydrogen) atoms. The Labute approximate surface area is 275 Å². The molecule has 1 saturated heterocycles. The predicted molar refractivity (Wildman–Crippen MR) is 179 cm³/mol. The summed E-state index contributed by atoms with van der Waals surface area (Å²) in [5.74, 6) is -0.844. The molecule has 1 aromatic rings. The lowest BCUT2D eigenvalue weighted by Crippen LogP contribution is -2.37. The molecule has 1 aromatic carbocycles. The number of carbonyl (C=O) groups excluding carboxylic acids is 2. The largest absolute Gasteiger partial charge is 0.459 e. The van der Waals surface area contributed by atoms with Gasteiger partial charge in [-0.05, 0) is 68.5 Å². The molecule has 2 amide bonds. The van der Waals surface area contributed by atoms with E-state index in [-0.39, 0.29) is 29.7 Å². The average molecular weight is 654 g/mol. The lowest BCUT2D eigenvalue weighted by Gasteiger charge is -2.26. The number of halogens is 2. The van der Waals surface area contributed by atoms with E-state index in [0.717, 1.165) is 39.3 Å². The van der Waals surface area contributed by atoms with Crippen LogP contribution < -0.4 is 15.4 Å². The highest BCUT2D eigenvalue weighted by atomic mass is 19.1. The molecule has 0 spiro atoms. The van der Waals surface area contributed by atoms with Crippen LogP contribution in [0.25, 0.3) is 0 Å². The Balaban J connectivity index is 1.11. The van der Waals surface area contributed by atoms with E-state index < -0.39 is 17.9 Å². The van der Waals surface area contributed by atoms with Crippen molar-refractivity contribution in [2.45, 2.75) is 39.0 Å². The first-order valence-electron chi connectivity index (χ1n) is 16.1. The molecule has 2 aliphatic carbocycles. The van der Waals surface area contributed by atoms with Crippen LogP contribution in [0.3, 0.4) is 0 Å². The summed E-state index contributed by atoms with van der Waals surface area (Å²) in [6.45, 7) is 7.97. The van der Waals surface area contributed by atoms with E-state index in [0.29, 0.717) is 62.6 Å². The number of rotatable bonds is 18. The fraction of sp³-hybridized carbons (Fsp3) is 0.486. The molecule has 2 N–H and O–H groups in total. The Hall–Kier alpha value is -4.00. The van der Waals surface area contributed by atoms with Crippen molar-refractivity contribution in [2.75, 3.05) is 71.1 Å². The van der Waals surface area contributed by atoms with Crippen LogP contribution in [-0.2, 0) is 19.1 Å². The maximum atomic E-state index is 14.8. The number of morpholine rings is 1. The molecule has 4 rings (SSSR count). The summed E-state index contributed by atoms with van der Waals surface area (Å²) in [6, 6.07) is 4.15. The summed E-state index contributed by atoms with van der Waals surface area (Å²) >= 11 is 0. The van der Waals surface area contributed by atoms with Crippen LogP contribution in [0.15, 0.2) is 75.6 Å². The second-order valence-corrected chi connectivity index (χ2v) is 11.7. The van der Waals surface area contributed by atoms with E-state index in [1.807, 2.05) is 0 Å². The summed E-state index contributed by atoms with van der Waals surface area (Å²) in [5.41, 5.74) is 0.619. The predicted octanol–water partition coefficient (Wildman–Crippen LogP) is 4.95. The molecule has 12 heteroatoms. The molecule has 0 bridgehead atoms. The molecule has 1 aliphatic heterocycles. The van der Waals surface area contributed by atoms with Crippen molar-refractivity contribution >= 4 is 29.9 Å². The van der Waals surface area contributed by atoms with Gasteiger partial charge in [0, 0.05) is 62.5 Å². The van der Waals surface area contributed by atoms with Crippen molar-refractivity contribution in [3.8, 4) is 5.75 Å². The molecule has 0 atom stereocenters. The molecule has 1 saturated carbocycles. The van der Waals surface area contributed by atoms with E-state index >= 15 is 0 Å². The summed E-state index contributed by atoms with van der Waals surface area (Å²) < 4.78 is 44.2. The van der Waals surface area contributed by atoms with Gasteiger partial charge >= 0.3 is 0 Å². The number of nitrogens with zero attached hydrogens (tertiary/aromatic N) is 3. The number of alkyl halides is 1. The Morgan fingerprint density at radius 1 is 1.13 bits per heavy atom. The highest BCUT2D eigenvalue weighted by Gasteiger charge is 2.51. The average Bonchev–Trinajstić information content (AvgIpc) is 3.88. The lowest BCUT2D eigenvalue weighted by atomic mass is 10.0. The number of anilines is 1. The summed E-state index contributed by atoms with van der Waals surface area (Å²) in [6.07, 6.45) is 14.4. The first-order valence-corrected chi connectivity index (χ1v) is 16.1. The number of benzene rings is 1. The Kier molecular flexibility index (Phi) is 14.5. The van der Waals surface area contributed by atoms with Crippen LogP contribution in [-0.4, -0.2) is 95.0 Å². The zero-order chi connectivity index (χ0) is 33.3. The Bertz CT molecular complexity index is 1390. The minimum absolute atomic E-state index is 0.00688. The summed E-state index contributed by atoms with van der Waals surface area (Å²) in [7, 11) is 0. The zero-order valence-corrected chi connectivity index (χ0v) is 27.0. The Morgan fingerprint density at radius 3 is 2.70 bits per heavy atom. The fourth-order valence-electron chi connectivity index (χ4n) is 4.97. The van der Waals surface area contributed by atoms with Gasteiger partial charge in [0.15, 0.2) is 11.6 Å². The third-order valence-electron chi connectivity index (χ3n) is 7.89. The number of ether oxygens (including phenoxy) is 3. The van der Waals surface area contributed by atoms with Gasteiger partial charge < -0.3 is 24.8 Å². The molecule has 0 unspecified atom stereocenters. The summed E-state index contributed by atoms with van der Waals surface area (Å²) in [4.78, 5) is 36.6. The van der Waals surface area contributed by atoms with Crippen LogP contribution in [0.5, 0.6) is 5.75 Å². The van der Waals surface area contributed by atoms with Gasteiger partial charge in [-0.15, -0.1) is 0 Å². The quantitative estimate of drug-likeness (QED) is 0.132. The van der Waals surface area contributed by atoms with Crippen LogP contribution in [0.1, 0.15) is 39.0 Å². The first kappa shape index (κ1) is 35.8. The Morgan fingerprint density at radius 2 is 1.94 bits per heavy atom. The van der Waals surface area contributed by atoms with Crippen LogP contribution in [0, 0.1) is 11.2 Å². The molecule has 0 radical (unpaired) electrons. The standard InChI is InChI=1S/C35H45F2N5O5/c1-27(10-13-38-14-15-39-16-21-45-20-3-17-42-18-22-46-23-19-42)47-32-9-8-30(24-31(32)37)40-33(43)25-35(11-12-35)34(44)41-29-5-2-4-28(26-36)6-7-29/h2,5-10,13,16,24H,3-4,11-12,14-15,17-23,25-26H2,1H3,(H,40,43)(H,41,44)/b27-10+,38-13-,39-16-. The van der Waals surface area contributed by atoms with Crippen molar-refractivity contribution < 1.29 is 32.6 Å². The fourth-order valence-corrected chi connectivity index (χ4v) is 4.97. The minimum atomic E-state index is -0.813. The highest BCUT2D eigenvalue weighted by Crippen LogP contribution is 2.49. The molecule has 1 heterocycles. The molecule has 3 aliphatic rings. The van der Waals surface area contributed by atoms with Crippen LogP contribution in [0.4, 0.5) is 14.5 Å². The normalized spacial score (nSPS) is 18.1. The van der Waals surface area contributed by atoms with Crippen molar-refractivity contribution in [3.05, 3.63) is 71.4 Å². The maximum Gasteiger partial charge on any atom is 0.231 e. The lowest BCUT2D eigenvalue weighted by molar-refractivity contribution is -0.129. The minimum Gasteiger partial charge on any atom is -0.459 e. The number of hydrogen-bond acceptors (Lipinski definition) is 8. The number of hydrogen-bond donors (Lipinski definition) is 2. The van der Waals surface area contributed by atoms with E-state index in [4.69, 9.17) is 14.2 Å². The van der Waals surface area contributed by atoms with E-state index in [9.17, 15) is 18.4 Å². The first-order chi connectivity index (χ1) is 22.9. The molecule has 254 valence electrons. The van der Waals surface area contributed by atoms with Gasteiger partial charge in [0.1, 0.15) is 12.4 Å². The van der Waals surface area contributed by atoms with Crippen molar-refractivity contribution in [1.82, 2.24) is 10.2 Å². The number of allylic oxidation sites excluding steroid dienone is 7. The number of nitrogens with one attached hydrogen (secondary N) is 2. The SMILES string of the molecule is C/C(=C\C=N/CC/N=C\COCCCN1CCOCC1)Oc1ccc(NC(=O)CC2(C(=O)NC3=CC=C(CF)CC=C3)CC2)cc1F. The monoisotopic (exact) mass is 653 g/mol. The van der Waals surface area contributed by atoms with E-state index in [1.54, 1.807) is 55.8 Å². The third-order valence-corrected chi connectivity index (χ3v) is 7.89. The topological polar surface area (TPSA) is 114 Å². The molecule has 10 nitrogen and oxygen atoms in total. The second kappa shape index (κ2) is 19.0. The van der Waals surface area contributed by atoms with Crippen molar-refractivity contribution in [3.63, 3.8) is 0 Å². The smallest absolute Gasteiger partial charge is 0.231 e. The zero-order valence-electron chi connectivity index (χ0n) is 27.0. The van der Waals surface area contributed by atoms with Gasteiger partial charge in [0.25, 0.3) is 0 Å². The van der Waals surface area contributed by atoms with Gasteiger partial charge in [-0.1, -0.05) is 12.2 Å². The number of aliphatic imine (C=N–C) groups is 2. The van der Waals surface area contributed by atoms with E-state index in [2.05, 4.69) is 25.5 Å². The van der Waals surface area contributed by atoms with E-state index in [1.165, 1.54) is 12.1 Å². The van der Waals surface area contributed by atoms with Gasteiger partial charge in [-0.2, -0.15) is 0 Å². The second-order valence-electron chi connectivity index (χ2n) is 11.7. The molecule has 2 fully saturated rings. The highest BCUT2D eigenvalue weighted by molar-refractivity contribution is 5.97. The van der Waals surface area contributed by atoms with Crippen LogP contribution >= 0.6 is 0 Å². The third kappa shape index (κ3) is 12.6. The summed E-state index contributed by atoms with van der Waals surface area (Å²) in [5, 5.41) is 5.51. The number of amides is 2.